The molecule has 0 heterocycles. The second-order valence-electron chi connectivity index (χ2n) is 8.48. The largest absolute Gasteiger partial charge is 0.508 e. The number of hydrogen-bond donors (Lipinski definition) is 10. The quantitative estimate of drug-likeness (QED) is 0.0491. The molecule has 17 nitrogen and oxygen atoms in total. The van der Waals surface area contributed by atoms with Crippen LogP contribution in [0.4, 0.5) is 0 Å². The fourth-order valence-electron chi connectivity index (χ4n) is 3.29. The number of aromatic hydroxyl groups is 1. The number of aliphatic imine (C=N–C) groups is 1. The van der Waals surface area contributed by atoms with E-state index in [4.69, 9.17) is 22.3 Å². The number of aliphatic carboxylic acids is 2. The van der Waals surface area contributed by atoms with E-state index in [9.17, 15) is 39.0 Å². The van der Waals surface area contributed by atoms with Crippen molar-refractivity contribution in [2.75, 3.05) is 19.6 Å². The van der Waals surface area contributed by atoms with Gasteiger partial charge in [-0.1, -0.05) is 12.1 Å². The lowest BCUT2D eigenvalue weighted by Gasteiger charge is -2.21. The van der Waals surface area contributed by atoms with Crippen LogP contribution in [0.15, 0.2) is 29.3 Å². The van der Waals surface area contributed by atoms with E-state index in [-0.39, 0.29) is 31.1 Å². The zero-order valence-corrected chi connectivity index (χ0v) is 21.5. The molecule has 1 aromatic carbocycles. The molecule has 17 heteroatoms. The highest BCUT2D eigenvalue weighted by Crippen LogP contribution is 2.12. The molecule has 3 atom stereocenters. The summed E-state index contributed by atoms with van der Waals surface area (Å²) in [5.41, 5.74) is 16.2. The van der Waals surface area contributed by atoms with Crippen molar-refractivity contribution >= 4 is 41.5 Å². The van der Waals surface area contributed by atoms with Crippen LogP contribution in [0.2, 0.25) is 0 Å². The van der Waals surface area contributed by atoms with Gasteiger partial charge >= 0.3 is 11.9 Å². The number of phenols is 1. The fraction of sp³-hybridized carbons (Fsp3) is 0.435. The van der Waals surface area contributed by atoms with Crippen LogP contribution in [0.3, 0.4) is 0 Å². The molecule has 0 unspecified atom stereocenters. The van der Waals surface area contributed by atoms with Crippen LogP contribution in [0.1, 0.15) is 24.8 Å². The third-order valence-corrected chi connectivity index (χ3v) is 5.23. The van der Waals surface area contributed by atoms with Crippen LogP contribution in [-0.2, 0) is 35.2 Å². The third-order valence-electron chi connectivity index (χ3n) is 5.23. The summed E-state index contributed by atoms with van der Waals surface area (Å²) in [5.74, 6) is -6.51. The Bertz CT molecular complexity index is 1090. The van der Waals surface area contributed by atoms with Crippen LogP contribution >= 0.6 is 0 Å². The summed E-state index contributed by atoms with van der Waals surface area (Å²) >= 11 is 0. The maximum atomic E-state index is 12.7. The van der Waals surface area contributed by atoms with Gasteiger partial charge in [0.05, 0.1) is 19.5 Å². The summed E-state index contributed by atoms with van der Waals surface area (Å²) in [6, 6.07) is 1.31. The van der Waals surface area contributed by atoms with Crippen LogP contribution in [0.5, 0.6) is 5.75 Å². The van der Waals surface area contributed by atoms with Gasteiger partial charge in [-0.2, -0.15) is 0 Å². The molecule has 13 N–H and O–H groups in total. The smallest absolute Gasteiger partial charge is 0.326 e. The topological polar surface area (TPSA) is 302 Å². The van der Waals surface area contributed by atoms with Gasteiger partial charge in [0.25, 0.3) is 0 Å². The lowest BCUT2D eigenvalue weighted by atomic mass is 10.0. The average molecular weight is 567 g/mol. The highest BCUT2D eigenvalue weighted by atomic mass is 16.4. The summed E-state index contributed by atoms with van der Waals surface area (Å²) in [7, 11) is 0. The molecular weight excluding hydrogens is 532 g/mol. The Kier molecular flexibility index (Phi) is 13.9. The van der Waals surface area contributed by atoms with E-state index < -0.39 is 73.2 Å². The highest BCUT2D eigenvalue weighted by Gasteiger charge is 2.29. The summed E-state index contributed by atoms with van der Waals surface area (Å²) < 4.78 is 0. The molecule has 1 aromatic rings. The van der Waals surface area contributed by atoms with Crippen LogP contribution in [0.25, 0.3) is 0 Å². The summed E-state index contributed by atoms with van der Waals surface area (Å²) in [4.78, 5) is 76.1. The van der Waals surface area contributed by atoms with Gasteiger partial charge in [-0.15, -0.1) is 0 Å². The van der Waals surface area contributed by atoms with Crippen molar-refractivity contribution < 1.29 is 44.1 Å². The first kappa shape index (κ1) is 33.1. The van der Waals surface area contributed by atoms with Gasteiger partial charge < -0.3 is 53.8 Å². The molecule has 0 saturated carbocycles. The van der Waals surface area contributed by atoms with Crippen LogP contribution in [0, 0.1) is 0 Å². The summed E-state index contributed by atoms with van der Waals surface area (Å²) in [6.45, 7) is -0.920. The van der Waals surface area contributed by atoms with Gasteiger partial charge in [-0.25, -0.2) is 4.79 Å². The van der Waals surface area contributed by atoms with Gasteiger partial charge in [0, 0.05) is 13.0 Å². The zero-order valence-electron chi connectivity index (χ0n) is 21.5. The molecule has 0 saturated heterocycles. The molecule has 0 aromatic heterocycles. The second kappa shape index (κ2) is 16.8. The predicted octanol–water partition coefficient (Wildman–Crippen LogP) is -3.92. The summed E-state index contributed by atoms with van der Waals surface area (Å²) in [5, 5.41) is 37.0. The minimum absolute atomic E-state index is 0.0463. The molecule has 4 amide bonds. The van der Waals surface area contributed by atoms with E-state index in [0.29, 0.717) is 12.0 Å². The minimum atomic E-state index is -1.67. The van der Waals surface area contributed by atoms with Crippen molar-refractivity contribution in [3.8, 4) is 5.75 Å². The molecule has 220 valence electrons. The number of benzene rings is 1. The maximum Gasteiger partial charge on any atom is 0.326 e. The van der Waals surface area contributed by atoms with E-state index in [1.54, 1.807) is 0 Å². The molecule has 40 heavy (non-hydrogen) atoms. The Balaban J connectivity index is 2.81. The zero-order chi connectivity index (χ0) is 30.2. The number of carboxylic acid groups (broad SMARTS) is 2. The molecular formula is C23H34N8O9. The summed E-state index contributed by atoms with van der Waals surface area (Å²) in [6.07, 6.45) is -0.679. The number of amides is 4. The molecule has 1 rings (SSSR count). The Morgan fingerprint density at radius 3 is 2.02 bits per heavy atom. The number of carbonyl (C=O) groups is 6. The number of nitrogens with two attached hydrogens (primary N) is 3. The molecule has 0 aliphatic heterocycles. The van der Waals surface area contributed by atoms with Gasteiger partial charge in [0.2, 0.25) is 23.6 Å². The number of carboxylic acids is 2. The number of hydrogen-bond acceptors (Lipinski definition) is 9. The van der Waals surface area contributed by atoms with Gasteiger partial charge in [-0.05, 0) is 30.5 Å². The first-order chi connectivity index (χ1) is 18.8. The number of nitrogens with zero attached hydrogens (tertiary/aromatic N) is 1. The Hall–Kier alpha value is -4.93. The predicted molar refractivity (Wildman–Crippen MR) is 139 cm³/mol. The van der Waals surface area contributed by atoms with Crippen molar-refractivity contribution in [2.24, 2.45) is 22.2 Å². The number of nitrogens with one attached hydrogen (secondary N) is 4. The highest BCUT2D eigenvalue weighted by molar-refractivity contribution is 5.95. The van der Waals surface area contributed by atoms with Gasteiger partial charge in [-0.3, -0.25) is 29.0 Å². The molecule has 0 aliphatic carbocycles. The third kappa shape index (κ3) is 13.0. The number of guanidine groups is 1. The second-order valence-corrected chi connectivity index (χ2v) is 8.48. The van der Waals surface area contributed by atoms with Gasteiger partial charge in [0.15, 0.2) is 5.96 Å². The molecule has 0 bridgehead atoms. The average Bonchev–Trinajstić information content (AvgIpc) is 2.88. The monoisotopic (exact) mass is 566 g/mol. The minimum Gasteiger partial charge on any atom is -0.508 e. The Labute approximate surface area is 228 Å². The molecule has 0 radical (unpaired) electrons. The lowest BCUT2D eigenvalue weighted by Crippen LogP contribution is -2.55. The van der Waals surface area contributed by atoms with Crippen LogP contribution < -0.4 is 38.5 Å². The Morgan fingerprint density at radius 1 is 0.850 bits per heavy atom. The standard InChI is InChI=1S/C23H34N8O9/c24-10-17(33)29-14(2-1-7-27-23(25)26)20(37)28-11-18(34)30-15(9-19(35)36)21(38)31-16(22(39)40)8-12-3-5-13(32)6-4-12/h3-6,14-16,32H,1-2,7-11,24H2,(H,28,37)(H,29,33)(H,30,34)(H,31,38)(H,35,36)(H,39,40)(H4,25,26,27)/t14-,15-,16-/m0/s1. The van der Waals surface area contributed by atoms with E-state index >= 15 is 0 Å². The maximum absolute atomic E-state index is 12.7. The van der Waals surface area contributed by atoms with E-state index in [1.165, 1.54) is 24.3 Å². The SMILES string of the molecule is NCC(=O)N[C@@H](CCCN=C(N)N)C(=O)NCC(=O)N[C@@H](CC(=O)O)C(=O)N[C@@H](Cc1ccc(O)cc1)C(=O)O. The lowest BCUT2D eigenvalue weighted by molar-refractivity contribution is -0.143. The van der Waals surface area contributed by atoms with Crippen molar-refractivity contribution in [2.45, 2.75) is 43.8 Å². The number of phenolic OH excluding ortho intramolecular Hbond substituents is 1. The van der Waals surface area contributed by atoms with Gasteiger partial charge in [0.1, 0.15) is 23.9 Å². The number of carbonyl (C=O) groups excluding carboxylic acids is 4. The van der Waals surface area contributed by atoms with E-state index in [1.807, 2.05) is 0 Å². The molecule has 0 fully saturated rings. The van der Waals surface area contributed by atoms with Crippen molar-refractivity contribution in [3.05, 3.63) is 29.8 Å². The van der Waals surface area contributed by atoms with E-state index in [0.717, 1.165) is 0 Å². The van der Waals surface area contributed by atoms with Crippen molar-refractivity contribution in [3.63, 3.8) is 0 Å². The van der Waals surface area contributed by atoms with E-state index in [2.05, 4.69) is 26.3 Å². The first-order valence-corrected chi connectivity index (χ1v) is 12.0. The molecule has 0 spiro atoms. The number of rotatable bonds is 17. The first-order valence-electron chi connectivity index (χ1n) is 12.0. The van der Waals surface area contributed by atoms with Crippen molar-refractivity contribution in [1.82, 2.24) is 21.3 Å². The Morgan fingerprint density at radius 2 is 1.48 bits per heavy atom. The molecule has 0 aliphatic rings. The fourth-order valence-corrected chi connectivity index (χ4v) is 3.29. The van der Waals surface area contributed by atoms with Crippen molar-refractivity contribution in [1.29, 1.82) is 0 Å². The normalized spacial score (nSPS) is 12.6. The van der Waals surface area contributed by atoms with Crippen LogP contribution in [-0.4, -0.2) is 94.6 Å².